The first kappa shape index (κ1) is 21.2. The number of benzene rings is 1. The highest BCUT2D eigenvalue weighted by atomic mass is 16.5. The van der Waals surface area contributed by atoms with Crippen LogP contribution < -0.4 is 15.4 Å². The summed E-state index contributed by atoms with van der Waals surface area (Å²) in [6.45, 7) is 4.05. The molecule has 2 aromatic rings. The zero-order valence-electron chi connectivity index (χ0n) is 17.0. The Balaban J connectivity index is 1.92. The summed E-state index contributed by atoms with van der Waals surface area (Å²) in [5.74, 6) is 1.35. The fourth-order valence-corrected chi connectivity index (χ4v) is 2.58. The second kappa shape index (κ2) is 10.9. The number of nitrogens with one attached hydrogen (secondary N) is 2. The molecule has 0 unspecified atom stereocenters. The van der Waals surface area contributed by atoms with Crippen LogP contribution in [0, 0.1) is 0 Å². The second-order valence-corrected chi connectivity index (χ2v) is 6.48. The van der Waals surface area contributed by atoms with Crippen LogP contribution in [0.1, 0.15) is 28.4 Å². The Hall–Kier alpha value is -3.09. The molecule has 1 aromatic heterocycles. The highest BCUT2D eigenvalue weighted by Crippen LogP contribution is 2.08. The van der Waals surface area contributed by atoms with Crippen molar-refractivity contribution in [2.45, 2.75) is 19.9 Å². The fourth-order valence-electron chi connectivity index (χ4n) is 2.58. The van der Waals surface area contributed by atoms with Crippen LogP contribution >= 0.6 is 0 Å². The molecule has 0 fully saturated rings. The number of guanidine groups is 1. The molecule has 150 valence electrons. The van der Waals surface area contributed by atoms with Crippen molar-refractivity contribution in [1.82, 2.24) is 20.5 Å². The van der Waals surface area contributed by atoms with Gasteiger partial charge in [0.25, 0.3) is 5.91 Å². The van der Waals surface area contributed by atoms with E-state index in [4.69, 9.17) is 4.74 Å². The monoisotopic (exact) mass is 383 g/mol. The highest BCUT2D eigenvalue weighted by molar-refractivity contribution is 5.94. The van der Waals surface area contributed by atoms with Crippen molar-refractivity contribution in [3.8, 4) is 5.88 Å². The van der Waals surface area contributed by atoms with Gasteiger partial charge in [-0.1, -0.05) is 18.2 Å². The van der Waals surface area contributed by atoms with Crippen molar-refractivity contribution in [3.63, 3.8) is 0 Å². The molecule has 0 saturated carbocycles. The summed E-state index contributed by atoms with van der Waals surface area (Å²) in [4.78, 5) is 22.5. The van der Waals surface area contributed by atoms with Crippen molar-refractivity contribution in [2.75, 3.05) is 34.3 Å². The number of aromatic nitrogens is 1. The number of ether oxygens (including phenoxy) is 1. The molecule has 7 nitrogen and oxygen atoms in total. The van der Waals surface area contributed by atoms with E-state index in [1.165, 1.54) is 0 Å². The van der Waals surface area contributed by atoms with Gasteiger partial charge in [0.1, 0.15) is 0 Å². The Kier molecular flexibility index (Phi) is 8.27. The predicted molar refractivity (Wildman–Crippen MR) is 112 cm³/mol. The summed E-state index contributed by atoms with van der Waals surface area (Å²) >= 11 is 0. The molecule has 1 aromatic carbocycles. The first-order chi connectivity index (χ1) is 13.5. The standard InChI is InChI=1S/C21H29N5O2/c1-5-22-21(25-15-17-9-10-19(28-4)24-14-17)23-12-11-16-7-6-8-18(13-16)20(27)26(2)3/h6-10,13-14H,5,11-12,15H2,1-4H3,(H2,22,23,25). The number of rotatable bonds is 8. The number of pyridine rings is 1. The van der Waals surface area contributed by atoms with Crippen molar-refractivity contribution >= 4 is 11.9 Å². The van der Waals surface area contributed by atoms with Crippen LogP contribution in [0.15, 0.2) is 47.6 Å². The average molecular weight is 383 g/mol. The third-order valence-corrected chi connectivity index (χ3v) is 4.06. The van der Waals surface area contributed by atoms with Crippen LogP contribution in [0.25, 0.3) is 0 Å². The van der Waals surface area contributed by atoms with Crippen molar-refractivity contribution in [2.24, 2.45) is 4.99 Å². The van der Waals surface area contributed by atoms with Gasteiger partial charge in [0.05, 0.1) is 13.7 Å². The molecule has 7 heteroatoms. The molecule has 0 aliphatic heterocycles. The summed E-state index contributed by atoms with van der Waals surface area (Å²) in [5, 5.41) is 6.57. The lowest BCUT2D eigenvalue weighted by atomic mass is 10.1. The van der Waals surface area contributed by atoms with Gasteiger partial charge in [0.2, 0.25) is 5.88 Å². The van der Waals surface area contributed by atoms with Crippen LogP contribution in [-0.4, -0.2) is 56.0 Å². The molecule has 0 saturated heterocycles. The Morgan fingerprint density at radius 2 is 2.00 bits per heavy atom. The van der Waals surface area contributed by atoms with Crippen LogP contribution in [0.4, 0.5) is 0 Å². The van der Waals surface area contributed by atoms with Gasteiger partial charge in [-0.05, 0) is 36.6 Å². The molecule has 2 rings (SSSR count). The molecule has 0 radical (unpaired) electrons. The van der Waals surface area contributed by atoms with E-state index in [0.29, 0.717) is 24.5 Å². The van der Waals surface area contributed by atoms with E-state index in [-0.39, 0.29) is 5.91 Å². The Morgan fingerprint density at radius 3 is 2.64 bits per heavy atom. The van der Waals surface area contributed by atoms with E-state index >= 15 is 0 Å². The SMILES string of the molecule is CCNC(=NCc1ccc(OC)nc1)NCCc1cccc(C(=O)N(C)C)c1. The zero-order chi connectivity index (χ0) is 20.4. The predicted octanol–water partition coefficient (Wildman–Crippen LogP) is 2.09. The van der Waals surface area contributed by atoms with E-state index in [0.717, 1.165) is 30.1 Å². The second-order valence-electron chi connectivity index (χ2n) is 6.48. The summed E-state index contributed by atoms with van der Waals surface area (Å²) in [7, 11) is 5.11. The fraction of sp³-hybridized carbons (Fsp3) is 0.381. The number of amides is 1. The lowest BCUT2D eigenvalue weighted by Crippen LogP contribution is -2.38. The van der Waals surface area contributed by atoms with Crippen LogP contribution in [0.2, 0.25) is 0 Å². The highest BCUT2D eigenvalue weighted by Gasteiger charge is 2.08. The van der Waals surface area contributed by atoms with E-state index in [2.05, 4.69) is 20.6 Å². The minimum absolute atomic E-state index is 0.0119. The topological polar surface area (TPSA) is 78.9 Å². The molecule has 0 aliphatic carbocycles. The normalized spacial score (nSPS) is 11.1. The third kappa shape index (κ3) is 6.57. The van der Waals surface area contributed by atoms with Crippen LogP contribution in [-0.2, 0) is 13.0 Å². The molecular weight excluding hydrogens is 354 g/mol. The first-order valence-corrected chi connectivity index (χ1v) is 9.35. The van der Waals surface area contributed by atoms with Gasteiger partial charge < -0.3 is 20.3 Å². The van der Waals surface area contributed by atoms with Gasteiger partial charge in [-0.15, -0.1) is 0 Å². The molecule has 0 spiro atoms. The molecule has 0 bridgehead atoms. The maximum absolute atomic E-state index is 12.1. The molecule has 0 atom stereocenters. The van der Waals surface area contributed by atoms with Crippen molar-refractivity contribution in [3.05, 3.63) is 59.3 Å². The minimum atomic E-state index is 0.0119. The first-order valence-electron chi connectivity index (χ1n) is 9.35. The Morgan fingerprint density at radius 1 is 1.18 bits per heavy atom. The average Bonchev–Trinajstić information content (AvgIpc) is 2.72. The molecule has 2 N–H and O–H groups in total. The van der Waals surface area contributed by atoms with Crippen molar-refractivity contribution < 1.29 is 9.53 Å². The number of nitrogens with zero attached hydrogens (tertiary/aromatic N) is 3. The van der Waals surface area contributed by atoms with E-state index in [9.17, 15) is 4.79 Å². The van der Waals surface area contributed by atoms with Crippen molar-refractivity contribution in [1.29, 1.82) is 0 Å². The van der Waals surface area contributed by atoms with Crippen LogP contribution in [0.3, 0.4) is 0 Å². The number of carbonyl (C=O) groups is 1. The summed E-state index contributed by atoms with van der Waals surface area (Å²) in [6.07, 6.45) is 2.56. The molecule has 1 amide bonds. The third-order valence-electron chi connectivity index (χ3n) is 4.06. The van der Waals surface area contributed by atoms with Gasteiger partial charge >= 0.3 is 0 Å². The Bertz CT molecular complexity index is 788. The number of hydrogen-bond acceptors (Lipinski definition) is 4. The molecule has 0 aliphatic rings. The minimum Gasteiger partial charge on any atom is -0.481 e. The largest absolute Gasteiger partial charge is 0.481 e. The smallest absolute Gasteiger partial charge is 0.253 e. The number of aliphatic imine (C=N–C) groups is 1. The number of hydrogen-bond donors (Lipinski definition) is 2. The van der Waals surface area contributed by atoms with Gasteiger partial charge in [0, 0.05) is 45.0 Å². The lowest BCUT2D eigenvalue weighted by Gasteiger charge is -2.13. The molecule has 1 heterocycles. The summed E-state index contributed by atoms with van der Waals surface area (Å²) in [6, 6.07) is 11.5. The quantitative estimate of drug-likeness (QED) is 0.539. The van der Waals surface area contributed by atoms with Gasteiger partial charge in [-0.3, -0.25) is 4.79 Å². The summed E-state index contributed by atoms with van der Waals surface area (Å²) < 4.78 is 5.07. The molecular formula is C21H29N5O2. The zero-order valence-corrected chi connectivity index (χ0v) is 17.0. The number of carbonyl (C=O) groups excluding carboxylic acids is 1. The number of methoxy groups -OCH3 is 1. The van der Waals surface area contributed by atoms with Gasteiger partial charge in [-0.25, -0.2) is 9.98 Å². The Labute approximate surface area is 166 Å². The van der Waals surface area contributed by atoms with E-state index in [1.807, 2.05) is 43.3 Å². The van der Waals surface area contributed by atoms with Gasteiger partial charge in [-0.2, -0.15) is 0 Å². The summed E-state index contributed by atoms with van der Waals surface area (Å²) in [5.41, 5.74) is 2.82. The van der Waals surface area contributed by atoms with E-state index in [1.54, 1.807) is 32.3 Å². The maximum Gasteiger partial charge on any atom is 0.253 e. The molecule has 28 heavy (non-hydrogen) atoms. The van der Waals surface area contributed by atoms with Gasteiger partial charge in [0.15, 0.2) is 5.96 Å². The maximum atomic E-state index is 12.1. The lowest BCUT2D eigenvalue weighted by molar-refractivity contribution is 0.0827. The van der Waals surface area contributed by atoms with E-state index < -0.39 is 0 Å². The van der Waals surface area contributed by atoms with Crippen LogP contribution in [0.5, 0.6) is 5.88 Å².